The molecule has 4 atom stereocenters. The highest BCUT2D eigenvalue weighted by molar-refractivity contribution is 6.05. The number of ketones is 2. The third-order valence-electron chi connectivity index (χ3n) is 10.8. The lowest BCUT2D eigenvalue weighted by atomic mass is 9.86. The van der Waals surface area contributed by atoms with Crippen LogP contribution in [0.2, 0.25) is 0 Å². The van der Waals surface area contributed by atoms with Crippen LogP contribution in [0.3, 0.4) is 0 Å². The molecule has 2 saturated carbocycles. The molecule has 3 aliphatic rings. The summed E-state index contributed by atoms with van der Waals surface area (Å²) in [5, 5.41) is 15.5. The average molecular weight is 716 g/mol. The van der Waals surface area contributed by atoms with Gasteiger partial charge in [0.05, 0.1) is 37.8 Å². The Bertz CT molecular complexity index is 1090. The highest BCUT2D eigenvalue weighted by atomic mass is 16.5. The Balaban J connectivity index is 1.74. The molecule has 1 aliphatic heterocycles. The van der Waals surface area contributed by atoms with Crippen LogP contribution in [0.1, 0.15) is 141 Å². The van der Waals surface area contributed by atoms with Crippen molar-refractivity contribution in [2.45, 2.75) is 147 Å². The number of hydrogen-bond acceptors (Lipinski definition) is 11. The molecule has 4 N–H and O–H groups in total. The SMILES string of the molecule is CCCCCc1c(C(=O)CCCOCCOC)c2nc(c1C(=O)CCCOCCOC)CN[C@@H]1CCCC[C@H]1NCCN[C@@H]1CCCC[C@H]1NC2. The third-order valence-corrected chi connectivity index (χ3v) is 10.8. The van der Waals surface area contributed by atoms with Gasteiger partial charge in [-0.3, -0.25) is 14.6 Å². The maximum absolute atomic E-state index is 14.4. The van der Waals surface area contributed by atoms with E-state index in [-0.39, 0.29) is 11.6 Å². The van der Waals surface area contributed by atoms with Gasteiger partial charge in [0.25, 0.3) is 0 Å². The number of Topliss-reactive ketones (excluding diaryl/α,β-unsaturated/α-hetero) is 2. The molecule has 2 heterocycles. The summed E-state index contributed by atoms with van der Waals surface area (Å²) in [5.74, 6) is 0.121. The molecule has 0 spiro atoms. The fraction of sp³-hybridized carbons (Fsp3) is 0.825. The van der Waals surface area contributed by atoms with Gasteiger partial charge in [-0.1, -0.05) is 45.4 Å². The molecule has 11 nitrogen and oxygen atoms in total. The molecule has 4 rings (SSSR count). The lowest BCUT2D eigenvalue weighted by Gasteiger charge is -2.34. The number of nitrogens with one attached hydrogen (secondary N) is 4. The van der Waals surface area contributed by atoms with E-state index in [4.69, 9.17) is 23.9 Å². The Morgan fingerprint density at radius 2 is 1.06 bits per heavy atom. The number of pyridine rings is 1. The number of fused-ring (bicyclic) bond motifs is 4. The summed E-state index contributed by atoms with van der Waals surface area (Å²) in [4.78, 5) is 34.1. The number of methoxy groups -OCH3 is 2. The van der Waals surface area contributed by atoms with Gasteiger partial charge in [0.15, 0.2) is 11.6 Å². The van der Waals surface area contributed by atoms with E-state index < -0.39 is 0 Å². The first-order chi connectivity index (χ1) is 25.1. The largest absolute Gasteiger partial charge is 0.382 e. The van der Waals surface area contributed by atoms with E-state index in [1.165, 1.54) is 25.7 Å². The van der Waals surface area contributed by atoms with Crippen LogP contribution < -0.4 is 21.3 Å². The van der Waals surface area contributed by atoms with E-state index in [2.05, 4.69) is 28.2 Å². The number of carbonyl (C=O) groups is 2. The van der Waals surface area contributed by atoms with Crippen molar-refractivity contribution in [3.63, 3.8) is 0 Å². The lowest BCUT2D eigenvalue weighted by Crippen LogP contribution is -2.53. The van der Waals surface area contributed by atoms with Gasteiger partial charge in [-0.25, -0.2) is 0 Å². The second-order valence-corrected chi connectivity index (χ2v) is 14.6. The summed E-state index contributed by atoms with van der Waals surface area (Å²) >= 11 is 0. The molecule has 11 heteroatoms. The Hall–Kier alpha value is -1.83. The number of hydrogen-bond donors (Lipinski definition) is 4. The van der Waals surface area contributed by atoms with Gasteiger partial charge in [-0.05, 0) is 56.9 Å². The topological polar surface area (TPSA) is 132 Å². The first-order valence-corrected chi connectivity index (χ1v) is 20.2. The highest BCUT2D eigenvalue weighted by Crippen LogP contribution is 2.29. The maximum atomic E-state index is 14.4. The zero-order valence-corrected chi connectivity index (χ0v) is 32.1. The minimum absolute atomic E-state index is 0.0605. The van der Waals surface area contributed by atoms with Crippen molar-refractivity contribution in [2.24, 2.45) is 0 Å². The van der Waals surface area contributed by atoms with Crippen molar-refractivity contribution in [2.75, 3.05) is 67.0 Å². The van der Waals surface area contributed by atoms with Crippen LogP contribution in [0.4, 0.5) is 0 Å². The summed E-state index contributed by atoms with van der Waals surface area (Å²) in [6.07, 6.45) is 15.0. The normalized spacial score (nSPS) is 23.1. The smallest absolute Gasteiger partial charge is 0.165 e. The maximum Gasteiger partial charge on any atom is 0.165 e. The van der Waals surface area contributed by atoms with Crippen molar-refractivity contribution in [3.8, 4) is 0 Å². The first kappa shape index (κ1) is 41.9. The van der Waals surface area contributed by atoms with Gasteiger partial charge >= 0.3 is 0 Å². The molecule has 2 aliphatic carbocycles. The monoisotopic (exact) mass is 716 g/mol. The number of aromatic nitrogens is 1. The summed E-state index contributed by atoms with van der Waals surface area (Å²) in [5.41, 5.74) is 3.83. The van der Waals surface area contributed by atoms with Crippen molar-refractivity contribution < 1.29 is 28.5 Å². The Labute approximate surface area is 307 Å². The zero-order valence-electron chi connectivity index (χ0n) is 32.1. The molecule has 1 aromatic heterocycles. The van der Waals surface area contributed by atoms with Crippen molar-refractivity contribution in [1.29, 1.82) is 0 Å². The first-order valence-electron chi connectivity index (χ1n) is 20.2. The fourth-order valence-electron chi connectivity index (χ4n) is 8.08. The number of unbranched alkanes of at least 4 members (excludes halogenated alkanes) is 2. The van der Waals surface area contributed by atoms with Crippen LogP contribution in [-0.2, 0) is 38.5 Å². The molecule has 0 radical (unpaired) electrons. The Kier molecular flexibility index (Phi) is 20.1. The summed E-state index contributed by atoms with van der Waals surface area (Å²) in [6, 6.07) is 1.36. The molecule has 2 fully saturated rings. The molecule has 0 amide bonds. The average Bonchev–Trinajstić information content (AvgIpc) is 3.15. The lowest BCUT2D eigenvalue weighted by molar-refractivity contribution is 0.0668. The molecular weight excluding hydrogens is 646 g/mol. The van der Waals surface area contributed by atoms with Crippen LogP contribution in [0.5, 0.6) is 0 Å². The third kappa shape index (κ3) is 13.8. The van der Waals surface area contributed by atoms with Crippen LogP contribution in [0, 0.1) is 0 Å². The van der Waals surface area contributed by atoms with Gasteiger partial charge < -0.3 is 40.2 Å². The van der Waals surface area contributed by atoms with Crippen molar-refractivity contribution in [1.82, 2.24) is 26.3 Å². The summed E-state index contributed by atoms with van der Waals surface area (Å²) in [7, 11) is 3.32. The van der Waals surface area contributed by atoms with E-state index >= 15 is 0 Å². The summed E-state index contributed by atoms with van der Waals surface area (Å²) in [6.45, 7) is 8.13. The van der Waals surface area contributed by atoms with Gasteiger partial charge in [-0.15, -0.1) is 0 Å². The van der Waals surface area contributed by atoms with E-state index in [0.29, 0.717) is 120 Å². The van der Waals surface area contributed by atoms with Gasteiger partial charge in [0.2, 0.25) is 0 Å². The second-order valence-electron chi connectivity index (χ2n) is 14.6. The molecule has 1 aromatic rings. The number of nitrogens with zero attached hydrogens (tertiary/aromatic N) is 1. The molecule has 2 bridgehead atoms. The Morgan fingerprint density at radius 1 is 0.608 bits per heavy atom. The van der Waals surface area contributed by atoms with Gasteiger partial charge in [0.1, 0.15) is 0 Å². The van der Waals surface area contributed by atoms with E-state index in [0.717, 1.165) is 75.0 Å². The van der Waals surface area contributed by atoms with Crippen molar-refractivity contribution in [3.05, 3.63) is 28.1 Å². The summed E-state index contributed by atoms with van der Waals surface area (Å²) < 4.78 is 21.7. The highest BCUT2D eigenvalue weighted by Gasteiger charge is 2.31. The number of rotatable bonds is 20. The minimum atomic E-state index is 0.0605. The zero-order chi connectivity index (χ0) is 36.1. The van der Waals surface area contributed by atoms with Crippen LogP contribution in [-0.4, -0.2) is 108 Å². The molecule has 290 valence electrons. The van der Waals surface area contributed by atoms with Crippen LogP contribution in [0.25, 0.3) is 0 Å². The van der Waals surface area contributed by atoms with Crippen LogP contribution >= 0.6 is 0 Å². The minimum Gasteiger partial charge on any atom is -0.382 e. The predicted molar refractivity (Wildman–Crippen MR) is 202 cm³/mol. The molecular formula is C40H69N5O6. The molecule has 0 aromatic carbocycles. The van der Waals surface area contributed by atoms with E-state index in [1.54, 1.807) is 14.2 Å². The second kappa shape index (κ2) is 24.5. The number of ether oxygens (including phenoxy) is 4. The Morgan fingerprint density at radius 3 is 1.49 bits per heavy atom. The van der Waals surface area contributed by atoms with E-state index in [9.17, 15) is 9.59 Å². The van der Waals surface area contributed by atoms with E-state index in [1.807, 2.05) is 0 Å². The molecule has 51 heavy (non-hydrogen) atoms. The van der Waals surface area contributed by atoms with Crippen molar-refractivity contribution >= 4 is 11.6 Å². The molecule has 0 saturated heterocycles. The van der Waals surface area contributed by atoms with Gasteiger partial charge in [0, 0.05) is 102 Å². The predicted octanol–water partition coefficient (Wildman–Crippen LogP) is 5.06. The molecule has 0 unspecified atom stereocenters. The quantitative estimate of drug-likeness (QED) is 0.107. The fourth-order valence-corrected chi connectivity index (χ4v) is 8.08. The van der Waals surface area contributed by atoms with Gasteiger partial charge in [-0.2, -0.15) is 0 Å². The standard InChI is InChI=1S/C40H69N5O6/c1-4-5-6-13-30-39(37(46)18-11-22-50-26-24-48-2)35-28-43-33-16-9-7-14-31(33)41-20-21-42-32-15-8-10-17-34(32)44-29-36(45-35)40(30)38(47)19-12-23-51-27-25-49-3/h31-34,41-44H,4-29H2,1-3H3/t31-,32-,33-,34-/m1/s1. The number of carbonyl (C=O) groups excluding carboxylic acids is 2. The van der Waals surface area contributed by atoms with Crippen LogP contribution in [0.15, 0.2) is 0 Å².